The number of para-hydroxylation sites is 3. The molecule has 0 aliphatic carbocycles. The van der Waals surface area contributed by atoms with Crippen molar-refractivity contribution in [3.8, 4) is 11.5 Å². The monoisotopic (exact) mass is 437 g/mol. The Labute approximate surface area is 186 Å². The first-order chi connectivity index (χ1) is 15.2. The molecule has 0 saturated carbocycles. The zero-order chi connectivity index (χ0) is 21.2. The third-order valence-electron chi connectivity index (χ3n) is 5.99. The zero-order valence-electron chi connectivity index (χ0n) is 17.7. The molecular weight excluding hydrogens is 410 g/mol. The van der Waals surface area contributed by atoms with Gasteiger partial charge in [0, 0.05) is 19.5 Å². The number of aromatic nitrogens is 1. The minimum atomic E-state index is -0.152. The first-order valence-corrected chi connectivity index (χ1v) is 11.7. The van der Waals surface area contributed by atoms with Crippen molar-refractivity contribution in [3.05, 3.63) is 53.5 Å². The van der Waals surface area contributed by atoms with Gasteiger partial charge in [-0.15, -0.1) is 11.3 Å². The van der Waals surface area contributed by atoms with E-state index < -0.39 is 0 Å². The zero-order valence-corrected chi connectivity index (χ0v) is 18.5. The molecule has 0 unspecified atom stereocenters. The Balaban J connectivity index is 1.16. The molecule has 162 valence electrons. The maximum Gasteiger partial charge on any atom is 0.236 e. The Morgan fingerprint density at radius 1 is 1.19 bits per heavy atom. The molecule has 5 rings (SSSR count). The predicted octanol–water partition coefficient (Wildman–Crippen LogP) is 3.77. The van der Waals surface area contributed by atoms with E-state index in [0.29, 0.717) is 25.6 Å². The number of piperidine rings is 1. The molecule has 2 aliphatic heterocycles. The van der Waals surface area contributed by atoms with Crippen LogP contribution >= 0.6 is 11.3 Å². The fraction of sp³-hybridized carbons (Fsp3) is 0.417. The molecule has 2 aliphatic rings. The number of nitrogens with zero attached hydrogens (tertiary/aromatic N) is 3. The lowest BCUT2D eigenvalue weighted by Gasteiger charge is -2.33. The lowest BCUT2D eigenvalue weighted by molar-refractivity contribution is -0.132. The van der Waals surface area contributed by atoms with E-state index in [-0.39, 0.29) is 12.0 Å². The predicted molar refractivity (Wildman–Crippen MR) is 122 cm³/mol. The van der Waals surface area contributed by atoms with Gasteiger partial charge in [-0.3, -0.25) is 9.69 Å². The number of ether oxygens (including phenoxy) is 2. The second kappa shape index (κ2) is 8.85. The highest BCUT2D eigenvalue weighted by molar-refractivity contribution is 7.18. The van der Waals surface area contributed by atoms with E-state index in [1.165, 1.54) is 9.71 Å². The highest BCUT2D eigenvalue weighted by Crippen LogP contribution is 2.33. The summed E-state index contributed by atoms with van der Waals surface area (Å²) in [5, 5.41) is 1.19. The van der Waals surface area contributed by atoms with Crippen molar-refractivity contribution in [1.29, 1.82) is 0 Å². The van der Waals surface area contributed by atoms with Gasteiger partial charge in [0.15, 0.2) is 17.6 Å². The van der Waals surface area contributed by atoms with Crippen LogP contribution < -0.4 is 9.47 Å². The number of carbonyl (C=O) groups excluding carboxylic acids is 1. The third-order valence-corrected chi connectivity index (χ3v) is 7.19. The molecule has 1 saturated heterocycles. The second-order valence-electron chi connectivity index (χ2n) is 8.37. The van der Waals surface area contributed by atoms with Crippen molar-refractivity contribution < 1.29 is 14.3 Å². The third kappa shape index (κ3) is 4.52. The molecule has 2 atom stereocenters. The number of hydrogen-bond acceptors (Lipinski definition) is 6. The number of carbonyl (C=O) groups is 1. The largest absolute Gasteiger partial charge is 0.486 e. The summed E-state index contributed by atoms with van der Waals surface area (Å²) < 4.78 is 13.0. The highest BCUT2D eigenvalue weighted by atomic mass is 32.1. The standard InChI is InChI=1S/C24H27N3O3S/c1-26(14-18-16-29-20-9-3-4-10-21(20)30-18)23(28)15-27-12-6-7-17(13-27)24-25-19-8-2-5-11-22(19)31-24/h2-5,8-11,17-18H,6-7,12-16H2,1H3/t17-,18+/m0/s1. The molecule has 2 aromatic carbocycles. The van der Waals surface area contributed by atoms with Gasteiger partial charge in [0.25, 0.3) is 0 Å². The van der Waals surface area contributed by atoms with Crippen LogP contribution in [0.15, 0.2) is 48.5 Å². The molecule has 6 nitrogen and oxygen atoms in total. The molecule has 1 aromatic heterocycles. The molecule has 31 heavy (non-hydrogen) atoms. The number of amides is 1. The number of thiazole rings is 1. The van der Waals surface area contributed by atoms with E-state index in [1.54, 1.807) is 16.2 Å². The molecule has 0 spiro atoms. The Bertz CT molecular complexity index is 1040. The summed E-state index contributed by atoms with van der Waals surface area (Å²) in [6.45, 7) is 3.25. The van der Waals surface area contributed by atoms with Crippen molar-refractivity contribution in [2.45, 2.75) is 24.9 Å². The van der Waals surface area contributed by atoms with Gasteiger partial charge < -0.3 is 14.4 Å². The summed E-state index contributed by atoms with van der Waals surface area (Å²) in [6, 6.07) is 16.0. The average Bonchev–Trinajstić information content (AvgIpc) is 3.23. The number of likely N-dealkylation sites (N-methyl/N-ethyl adjacent to an activating group) is 1. The molecule has 0 bridgehead atoms. The Morgan fingerprint density at radius 3 is 2.87 bits per heavy atom. The SMILES string of the molecule is CN(C[C@@H]1COc2ccccc2O1)C(=O)CN1CCC[C@H](c2nc3ccccc3s2)C1. The van der Waals surface area contributed by atoms with Crippen LogP contribution in [0.25, 0.3) is 10.2 Å². The van der Waals surface area contributed by atoms with Gasteiger partial charge in [-0.2, -0.15) is 0 Å². The normalized spacial score (nSPS) is 21.2. The summed E-state index contributed by atoms with van der Waals surface area (Å²) in [6.07, 6.45) is 2.07. The van der Waals surface area contributed by atoms with Crippen molar-refractivity contribution in [1.82, 2.24) is 14.8 Å². The molecular formula is C24H27N3O3S. The van der Waals surface area contributed by atoms with Crippen LogP contribution in [0.2, 0.25) is 0 Å². The van der Waals surface area contributed by atoms with Crippen LogP contribution in [0.1, 0.15) is 23.8 Å². The van der Waals surface area contributed by atoms with Crippen molar-refractivity contribution in [2.24, 2.45) is 0 Å². The minimum Gasteiger partial charge on any atom is -0.486 e. The average molecular weight is 438 g/mol. The van der Waals surface area contributed by atoms with Crippen molar-refractivity contribution in [3.63, 3.8) is 0 Å². The minimum absolute atomic E-state index is 0.118. The summed E-state index contributed by atoms with van der Waals surface area (Å²) in [7, 11) is 1.85. The second-order valence-corrected chi connectivity index (χ2v) is 9.43. The Hall–Kier alpha value is -2.64. The van der Waals surface area contributed by atoms with Crippen LogP contribution in [0.3, 0.4) is 0 Å². The molecule has 7 heteroatoms. The number of fused-ring (bicyclic) bond motifs is 2. The van der Waals surface area contributed by atoms with Gasteiger partial charge in [-0.25, -0.2) is 4.98 Å². The topological polar surface area (TPSA) is 54.9 Å². The van der Waals surface area contributed by atoms with Crippen LogP contribution in [0, 0.1) is 0 Å². The van der Waals surface area contributed by atoms with Gasteiger partial charge in [0.2, 0.25) is 5.91 Å². The van der Waals surface area contributed by atoms with E-state index in [4.69, 9.17) is 14.5 Å². The van der Waals surface area contributed by atoms with Crippen LogP contribution in [0.5, 0.6) is 11.5 Å². The smallest absolute Gasteiger partial charge is 0.236 e. The maximum absolute atomic E-state index is 12.9. The Kier molecular flexibility index (Phi) is 5.78. The molecule has 1 fully saturated rings. The van der Waals surface area contributed by atoms with Crippen molar-refractivity contribution >= 4 is 27.5 Å². The van der Waals surface area contributed by atoms with Gasteiger partial charge in [-0.05, 0) is 43.7 Å². The fourth-order valence-electron chi connectivity index (χ4n) is 4.34. The molecule has 3 aromatic rings. The molecule has 0 N–H and O–H groups in total. The molecule has 1 amide bonds. The van der Waals surface area contributed by atoms with Gasteiger partial charge in [-0.1, -0.05) is 24.3 Å². The molecule has 0 radical (unpaired) electrons. The lowest BCUT2D eigenvalue weighted by atomic mass is 9.99. The van der Waals surface area contributed by atoms with E-state index in [2.05, 4.69) is 23.1 Å². The first-order valence-electron chi connectivity index (χ1n) is 10.9. The number of benzene rings is 2. The van der Waals surface area contributed by atoms with Crippen LogP contribution in [-0.4, -0.2) is 66.6 Å². The number of hydrogen-bond donors (Lipinski definition) is 0. The maximum atomic E-state index is 12.9. The number of likely N-dealkylation sites (tertiary alicyclic amines) is 1. The first kappa shape index (κ1) is 20.3. The number of rotatable bonds is 5. The fourth-order valence-corrected chi connectivity index (χ4v) is 5.43. The lowest BCUT2D eigenvalue weighted by Crippen LogP contribution is -2.46. The van der Waals surface area contributed by atoms with E-state index in [9.17, 15) is 4.79 Å². The molecule has 3 heterocycles. The Morgan fingerprint density at radius 2 is 2.00 bits per heavy atom. The van der Waals surface area contributed by atoms with E-state index >= 15 is 0 Å². The quantitative estimate of drug-likeness (QED) is 0.608. The van der Waals surface area contributed by atoms with E-state index in [1.807, 2.05) is 37.4 Å². The van der Waals surface area contributed by atoms with Gasteiger partial charge >= 0.3 is 0 Å². The summed E-state index contributed by atoms with van der Waals surface area (Å²) in [5.41, 5.74) is 1.08. The summed E-state index contributed by atoms with van der Waals surface area (Å²) >= 11 is 1.79. The summed E-state index contributed by atoms with van der Waals surface area (Å²) in [5.74, 6) is 2.03. The highest BCUT2D eigenvalue weighted by Gasteiger charge is 2.28. The van der Waals surface area contributed by atoms with Gasteiger partial charge in [0.1, 0.15) is 6.61 Å². The van der Waals surface area contributed by atoms with Crippen LogP contribution in [0.4, 0.5) is 0 Å². The van der Waals surface area contributed by atoms with Crippen LogP contribution in [-0.2, 0) is 4.79 Å². The van der Waals surface area contributed by atoms with Crippen molar-refractivity contribution in [2.75, 3.05) is 39.8 Å². The van der Waals surface area contributed by atoms with Gasteiger partial charge in [0.05, 0.1) is 28.3 Å². The van der Waals surface area contributed by atoms with E-state index in [0.717, 1.165) is 42.9 Å². The summed E-state index contributed by atoms with van der Waals surface area (Å²) in [4.78, 5) is 21.8.